The van der Waals surface area contributed by atoms with Gasteiger partial charge in [-0.1, -0.05) is 20.8 Å². The van der Waals surface area contributed by atoms with Gasteiger partial charge in [-0.3, -0.25) is 9.59 Å². The van der Waals surface area contributed by atoms with E-state index >= 15 is 0 Å². The van der Waals surface area contributed by atoms with Crippen molar-refractivity contribution >= 4 is 12.1 Å². The minimum atomic E-state index is -1.65. The normalized spacial score (nSPS) is 42.2. The molecule has 4 atom stereocenters. The number of aliphatic hydroxyl groups is 1. The maximum Gasteiger partial charge on any atom is 0.160 e. The third-order valence-corrected chi connectivity index (χ3v) is 5.71. The molecule has 0 aliphatic heterocycles. The van der Waals surface area contributed by atoms with Gasteiger partial charge >= 0.3 is 0 Å². The van der Waals surface area contributed by atoms with Crippen molar-refractivity contribution in [2.45, 2.75) is 59.2 Å². The Morgan fingerprint density at radius 2 is 2.05 bits per heavy atom. The Kier molecular flexibility index (Phi) is 3.92. The van der Waals surface area contributed by atoms with Crippen LogP contribution in [0.4, 0.5) is 0 Å². The molecular weight excluding hydrogens is 268 g/mol. The van der Waals surface area contributed by atoms with E-state index in [-0.39, 0.29) is 17.3 Å². The number of carbonyl (C=O) groups excluding carboxylic acids is 2. The molecule has 2 aliphatic rings. The Labute approximate surface area is 126 Å². The van der Waals surface area contributed by atoms with E-state index in [4.69, 9.17) is 4.74 Å². The average Bonchev–Trinajstić information content (AvgIpc) is 2.39. The highest BCUT2D eigenvalue weighted by atomic mass is 16.5. The summed E-state index contributed by atoms with van der Waals surface area (Å²) in [5.41, 5.74) is -2.43. The number of hydrogen-bond donors (Lipinski definition) is 1. The molecule has 1 unspecified atom stereocenters. The van der Waals surface area contributed by atoms with E-state index in [1.165, 1.54) is 6.08 Å². The number of fused-ring (bicyclic) bond motifs is 1. The van der Waals surface area contributed by atoms with Crippen molar-refractivity contribution in [1.29, 1.82) is 0 Å². The van der Waals surface area contributed by atoms with Gasteiger partial charge in [-0.05, 0) is 43.8 Å². The molecule has 0 amide bonds. The molecule has 118 valence electrons. The predicted octanol–water partition coefficient (Wildman–Crippen LogP) is 2.29. The Hall–Kier alpha value is -1.00. The second kappa shape index (κ2) is 5.03. The number of carbonyl (C=O) groups is 2. The number of hydrogen-bond acceptors (Lipinski definition) is 4. The molecule has 1 N–H and O–H groups in total. The first kappa shape index (κ1) is 16.4. The molecule has 1 saturated carbocycles. The smallest absolute Gasteiger partial charge is 0.160 e. The van der Waals surface area contributed by atoms with E-state index in [2.05, 4.69) is 0 Å². The Morgan fingerprint density at radius 3 is 2.57 bits per heavy atom. The van der Waals surface area contributed by atoms with Gasteiger partial charge < -0.3 is 9.84 Å². The maximum absolute atomic E-state index is 12.7. The first-order chi connectivity index (χ1) is 9.65. The summed E-state index contributed by atoms with van der Waals surface area (Å²) in [6.45, 7) is 9.95. The van der Waals surface area contributed by atoms with Gasteiger partial charge in [0.15, 0.2) is 12.1 Å². The number of ketones is 1. The number of allylic oxidation sites excluding steroid dienone is 1. The quantitative estimate of drug-likeness (QED) is 0.811. The lowest BCUT2D eigenvalue weighted by molar-refractivity contribution is -0.204. The summed E-state index contributed by atoms with van der Waals surface area (Å²) >= 11 is 0. The van der Waals surface area contributed by atoms with Gasteiger partial charge in [0, 0.05) is 17.9 Å². The second-order valence-corrected chi connectivity index (χ2v) is 7.30. The molecule has 1 fully saturated rings. The molecule has 0 spiro atoms. The van der Waals surface area contributed by atoms with Crippen LogP contribution in [0.1, 0.15) is 47.5 Å². The van der Waals surface area contributed by atoms with Crippen LogP contribution in [-0.2, 0) is 14.3 Å². The van der Waals surface area contributed by atoms with E-state index in [1.807, 2.05) is 27.7 Å². The molecule has 4 nitrogen and oxygen atoms in total. The summed E-state index contributed by atoms with van der Waals surface area (Å²) in [6, 6.07) is 0. The molecule has 0 radical (unpaired) electrons. The van der Waals surface area contributed by atoms with Gasteiger partial charge in [0.25, 0.3) is 0 Å². The molecule has 21 heavy (non-hydrogen) atoms. The number of ether oxygens (including phenoxy) is 1. The van der Waals surface area contributed by atoms with Crippen LogP contribution in [0.3, 0.4) is 0 Å². The molecular formula is C17H26O4. The maximum atomic E-state index is 12.7. The highest BCUT2D eigenvalue weighted by Gasteiger charge is 2.66. The summed E-state index contributed by atoms with van der Waals surface area (Å²) in [4.78, 5) is 24.4. The van der Waals surface area contributed by atoms with E-state index in [0.29, 0.717) is 18.5 Å². The van der Waals surface area contributed by atoms with Crippen molar-refractivity contribution in [3.63, 3.8) is 0 Å². The molecule has 0 aromatic rings. The summed E-state index contributed by atoms with van der Waals surface area (Å²) in [6.07, 6.45) is 3.31. The fourth-order valence-corrected chi connectivity index (χ4v) is 4.60. The molecule has 0 saturated heterocycles. The van der Waals surface area contributed by atoms with Crippen LogP contribution >= 0.6 is 0 Å². The van der Waals surface area contributed by atoms with E-state index in [9.17, 15) is 14.7 Å². The summed E-state index contributed by atoms with van der Waals surface area (Å²) in [5.74, 6) is -0.426. The molecule has 4 heteroatoms. The van der Waals surface area contributed by atoms with E-state index in [1.54, 1.807) is 6.92 Å². The van der Waals surface area contributed by atoms with Crippen LogP contribution in [0.15, 0.2) is 11.6 Å². The van der Waals surface area contributed by atoms with Crippen LogP contribution in [0.5, 0.6) is 0 Å². The zero-order valence-corrected chi connectivity index (χ0v) is 13.6. The largest absolute Gasteiger partial charge is 0.378 e. The highest BCUT2D eigenvalue weighted by molar-refractivity contribution is 5.98. The predicted molar refractivity (Wildman–Crippen MR) is 79.8 cm³/mol. The lowest BCUT2D eigenvalue weighted by atomic mass is 9.46. The Morgan fingerprint density at radius 1 is 1.43 bits per heavy atom. The lowest BCUT2D eigenvalue weighted by Crippen LogP contribution is -2.68. The molecule has 0 aromatic heterocycles. The van der Waals surface area contributed by atoms with Crippen LogP contribution in [0, 0.1) is 16.7 Å². The second-order valence-electron chi connectivity index (χ2n) is 7.30. The van der Waals surface area contributed by atoms with Crippen molar-refractivity contribution in [1.82, 2.24) is 0 Å². The summed E-state index contributed by atoms with van der Waals surface area (Å²) in [7, 11) is 0. The summed E-state index contributed by atoms with van der Waals surface area (Å²) < 4.78 is 5.84. The van der Waals surface area contributed by atoms with E-state index < -0.39 is 16.9 Å². The zero-order chi connectivity index (χ0) is 16.1. The third kappa shape index (κ3) is 2.03. The minimum absolute atomic E-state index is 0.00377. The highest BCUT2D eigenvalue weighted by Crippen LogP contribution is 2.60. The topological polar surface area (TPSA) is 63.6 Å². The average molecular weight is 294 g/mol. The standard InChI is InChI=1S/C17H26O4/c1-6-21-13-7-8-15(3,4)14-12(19)9-11(2)17(20,10-18)16(13,14)5/h9-10,13-14,20H,6-8H2,1-5H3/t13-,14?,16-,17+/m0/s1. The Bertz CT molecular complexity index is 493. The fourth-order valence-electron chi connectivity index (χ4n) is 4.60. The summed E-state index contributed by atoms with van der Waals surface area (Å²) in [5, 5.41) is 11.1. The van der Waals surface area contributed by atoms with Crippen molar-refractivity contribution in [2.24, 2.45) is 16.7 Å². The minimum Gasteiger partial charge on any atom is -0.378 e. The van der Waals surface area contributed by atoms with Crippen LogP contribution in [0.25, 0.3) is 0 Å². The van der Waals surface area contributed by atoms with Crippen molar-refractivity contribution in [3.8, 4) is 0 Å². The van der Waals surface area contributed by atoms with Gasteiger partial charge in [-0.25, -0.2) is 0 Å². The first-order valence-electron chi connectivity index (χ1n) is 7.68. The molecule has 0 heterocycles. The third-order valence-electron chi connectivity index (χ3n) is 5.71. The zero-order valence-electron chi connectivity index (χ0n) is 13.6. The van der Waals surface area contributed by atoms with Gasteiger partial charge in [-0.2, -0.15) is 0 Å². The van der Waals surface area contributed by atoms with Crippen molar-refractivity contribution < 1.29 is 19.4 Å². The first-order valence-corrected chi connectivity index (χ1v) is 7.68. The van der Waals surface area contributed by atoms with Crippen LogP contribution in [0.2, 0.25) is 0 Å². The molecule has 0 aromatic carbocycles. The van der Waals surface area contributed by atoms with Gasteiger partial charge in [0.2, 0.25) is 0 Å². The monoisotopic (exact) mass is 294 g/mol. The van der Waals surface area contributed by atoms with Gasteiger partial charge in [0.1, 0.15) is 5.60 Å². The SMILES string of the molecule is CCO[C@H]1CCC(C)(C)C2C(=O)C=C(C)[C@](O)(C=O)[C@]21C. The molecule has 0 bridgehead atoms. The van der Waals surface area contributed by atoms with Gasteiger partial charge in [0.05, 0.1) is 6.10 Å². The van der Waals surface area contributed by atoms with Crippen LogP contribution < -0.4 is 0 Å². The van der Waals surface area contributed by atoms with Gasteiger partial charge in [-0.15, -0.1) is 0 Å². The van der Waals surface area contributed by atoms with Crippen LogP contribution in [-0.4, -0.2) is 35.5 Å². The van der Waals surface area contributed by atoms with Crippen molar-refractivity contribution in [2.75, 3.05) is 6.61 Å². The lowest BCUT2D eigenvalue weighted by Gasteiger charge is -2.60. The van der Waals surface area contributed by atoms with E-state index in [0.717, 1.165) is 12.8 Å². The fraction of sp³-hybridized carbons (Fsp3) is 0.765. The number of rotatable bonds is 3. The molecule has 2 aliphatic carbocycles. The molecule has 2 rings (SSSR count). The Balaban J connectivity index is 2.68. The number of aldehydes is 1. The van der Waals surface area contributed by atoms with Crippen molar-refractivity contribution in [3.05, 3.63) is 11.6 Å².